The number of hydrogen-bond acceptors (Lipinski definition) is 3. The van der Waals surface area contributed by atoms with Crippen LogP contribution < -0.4 is 10.1 Å². The van der Waals surface area contributed by atoms with E-state index in [0.29, 0.717) is 17.8 Å². The van der Waals surface area contributed by atoms with Gasteiger partial charge >= 0.3 is 0 Å². The van der Waals surface area contributed by atoms with Gasteiger partial charge < -0.3 is 10.1 Å². The van der Waals surface area contributed by atoms with Crippen LogP contribution in [0.1, 0.15) is 25.8 Å². The van der Waals surface area contributed by atoms with E-state index in [-0.39, 0.29) is 5.82 Å². The van der Waals surface area contributed by atoms with Crippen molar-refractivity contribution in [3.8, 4) is 11.5 Å². The molecule has 2 aromatic carbocycles. The Labute approximate surface area is 143 Å². The third kappa shape index (κ3) is 4.13. The monoisotopic (exact) mass is 328 g/mol. The van der Waals surface area contributed by atoms with Crippen molar-refractivity contribution in [3.63, 3.8) is 0 Å². The summed E-state index contributed by atoms with van der Waals surface area (Å²) in [5, 5.41) is 3.44. The highest BCUT2D eigenvalue weighted by Gasteiger charge is 2.25. The summed E-state index contributed by atoms with van der Waals surface area (Å²) >= 11 is 0. The second-order valence-electron chi connectivity index (χ2n) is 6.58. The first-order valence-electron chi connectivity index (χ1n) is 8.61. The third-order valence-corrected chi connectivity index (χ3v) is 4.53. The maximum atomic E-state index is 13.1. The van der Waals surface area contributed by atoms with Crippen molar-refractivity contribution in [2.75, 3.05) is 13.1 Å². The molecular weight excluding hydrogens is 303 g/mol. The van der Waals surface area contributed by atoms with E-state index in [0.717, 1.165) is 30.9 Å². The van der Waals surface area contributed by atoms with Crippen molar-refractivity contribution in [2.45, 2.75) is 38.9 Å². The quantitative estimate of drug-likeness (QED) is 0.860. The van der Waals surface area contributed by atoms with Crippen molar-refractivity contribution in [3.05, 3.63) is 59.9 Å². The second-order valence-corrected chi connectivity index (χ2v) is 6.58. The van der Waals surface area contributed by atoms with E-state index >= 15 is 0 Å². The molecule has 0 aromatic heterocycles. The van der Waals surface area contributed by atoms with Crippen LogP contribution in [0.4, 0.5) is 4.39 Å². The summed E-state index contributed by atoms with van der Waals surface area (Å²) < 4.78 is 19.1. The zero-order valence-electron chi connectivity index (χ0n) is 14.3. The summed E-state index contributed by atoms with van der Waals surface area (Å²) in [5.74, 6) is 1.23. The SMILES string of the molecule is CC(C)N(Cc1ccccc1Oc1ccc(F)cc1)[C@H]1CCNC1. The van der Waals surface area contributed by atoms with E-state index in [1.54, 1.807) is 12.1 Å². The topological polar surface area (TPSA) is 24.5 Å². The molecule has 0 bridgehead atoms. The lowest BCUT2D eigenvalue weighted by Crippen LogP contribution is -2.41. The molecule has 0 amide bonds. The number of para-hydroxylation sites is 1. The Balaban J connectivity index is 1.78. The zero-order chi connectivity index (χ0) is 16.9. The number of hydrogen-bond donors (Lipinski definition) is 1. The number of halogens is 1. The van der Waals surface area contributed by atoms with Crippen LogP contribution in [0.2, 0.25) is 0 Å². The van der Waals surface area contributed by atoms with Crippen molar-refractivity contribution < 1.29 is 9.13 Å². The number of benzene rings is 2. The van der Waals surface area contributed by atoms with E-state index in [9.17, 15) is 4.39 Å². The number of nitrogens with one attached hydrogen (secondary N) is 1. The van der Waals surface area contributed by atoms with Crippen LogP contribution in [0.25, 0.3) is 0 Å². The number of nitrogens with zero attached hydrogens (tertiary/aromatic N) is 1. The minimum Gasteiger partial charge on any atom is -0.457 e. The molecule has 1 aliphatic heterocycles. The third-order valence-electron chi connectivity index (χ3n) is 4.53. The molecule has 4 heteroatoms. The normalized spacial score (nSPS) is 17.6. The molecule has 2 aromatic rings. The van der Waals surface area contributed by atoms with E-state index in [2.05, 4.69) is 30.1 Å². The van der Waals surface area contributed by atoms with E-state index in [4.69, 9.17) is 4.74 Å². The van der Waals surface area contributed by atoms with E-state index < -0.39 is 0 Å². The molecule has 1 atom stereocenters. The van der Waals surface area contributed by atoms with Gasteiger partial charge in [-0.2, -0.15) is 0 Å². The van der Waals surface area contributed by atoms with Crippen molar-refractivity contribution >= 4 is 0 Å². The first-order valence-corrected chi connectivity index (χ1v) is 8.61. The highest BCUT2D eigenvalue weighted by Crippen LogP contribution is 2.28. The molecule has 0 spiro atoms. The molecule has 1 saturated heterocycles. The maximum Gasteiger partial charge on any atom is 0.131 e. The van der Waals surface area contributed by atoms with E-state index in [1.165, 1.54) is 18.6 Å². The molecule has 1 aliphatic rings. The Morgan fingerprint density at radius 1 is 1.17 bits per heavy atom. The molecule has 1 N–H and O–H groups in total. The standard InChI is InChI=1S/C20H25FN2O/c1-15(2)23(18-11-12-22-13-18)14-16-5-3-4-6-20(16)24-19-9-7-17(21)8-10-19/h3-10,15,18,22H,11-14H2,1-2H3/t18-/m0/s1. The van der Waals surface area contributed by atoms with Gasteiger partial charge in [0.15, 0.2) is 0 Å². The molecule has 1 fully saturated rings. The van der Waals surface area contributed by atoms with E-state index in [1.807, 2.05) is 18.2 Å². The van der Waals surface area contributed by atoms with Gasteiger partial charge in [0.2, 0.25) is 0 Å². The molecule has 0 saturated carbocycles. The lowest BCUT2D eigenvalue weighted by Gasteiger charge is -2.32. The molecule has 1 heterocycles. The average Bonchev–Trinajstić information content (AvgIpc) is 3.10. The predicted molar refractivity (Wildman–Crippen MR) is 94.9 cm³/mol. The minimum atomic E-state index is -0.254. The van der Waals surface area contributed by atoms with Crippen molar-refractivity contribution in [2.24, 2.45) is 0 Å². The fraction of sp³-hybridized carbons (Fsp3) is 0.400. The first kappa shape index (κ1) is 16.9. The summed E-state index contributed by atoms with van der Waals surface area (Å²) in [6, 6.07) is 15.3. The molecule has 0 unspecified atom stereocenters. The first-order chi connectivity index (χ1) is 11.6. The van der Waals surface area contributed by atoms with Crippen LogP contribution >= 0.6 is 0 Å². The van der Waals surface area contributed by atoms with Crippen molar-refractivity contribution in [1.82, 2.24) is 10.2 Å². The largest absolute Gasteiger partial charge is 0.457 e. The summed E-state index contributed by atoms with van der Waals surface area (Å²) in [4.78, 5) is 2.52. The van der Waals surface area contributed by atoms with Gasteiger partial charge in [0.05, 0.1) is 0 Å². The van der Waals surface area contributed by atoms with Gasteiger partial charge in [0, 0.05) is 30.7 Å². The lowest BCUT2D eigenvalue weighted by atomic mass is 10.1. The fourth-order valence-corrected chi connectivity index (χ4v) is 3.22. The molecule has 128 valence electrons. The van der Waals surface area contributed by atoms with Gasteiger partial charge in [0.25, 0.3) is 0 Å². The Bertz CT molecular complexity index is 651. The lowest BCUT2D eigenvalue weighted by molar-refractivity contribution is 0.153. The molecule has 24 heavy (non-hydrogen) atoms. The van der Waals surface area contributed by atoms with Crippen molar-refractivity contribution in [1.29, 1.82) is 0 Å². The Morgan fingerprint density at radius 3 is 2.58 bits per heavy atom. The van der Waals surface area contributed by atoms with Crippen LogP contribution in [0.5, 0.6) is 11.5 Å². The van der Waals surface area contributed by atoms with Gasteiger partial charge in [0.1, 0.15) is 17.3 Å². The Hall–Kier alpha value is -1.91. The summed E-state index contributed by atoms with van der Waals surface area (Å²) in [7, 11) is 0. The zero-order valence-corrected chi connectivity index (χ0v) is 14.3. The van der Waals surface area contributed by atoms with Gasteiger partial charge in [-0.1, -0.05) is 18.2 Å². The molecule has 0 aliphatic carbocycles. The van der Waals surface area contributed by atoms with Crippen LogP contribution in [0, 0.1) is 5.82 Å². The van der Waals surface area contributed by atoms with Gasteiger partial charge in [-0.05, 0) is 57.1 Å². The second kappa shape index (κ2) is 7.77. The van der Waals surface area contributed by atoms with Crippen LogP contribution in [0.3, 0.4) is 0 Å². The summed E-state index contributed by atoms with van der Waals surface area (Å²) in [5.41, 5.74) is 1.16. The highest BCUT2D eigenvalue weighted by molar-refractivity contribution is 5.38. The molecular formula is C20H25FN2O. The molecule has 0 radical (unpaired) electrons. The Kier molecular flexibility index (Phi) is 5.48. The number of ether oxygens (including phenoxy) is 1. The van der Waals surface area contributed by atoms with Gasteiger partial charge in [-0.3, -0.25) is 4.90 Å². The smallest absolute Gasteiger partial charge is 0.131 e. The van der Waals surface area contributed by atoms with Gasteiger partial charge in [-0.25, -0.2) is 4.39 Å². The fourth-order valence-electron chi connectivity index (χ4n) is 3.22. The minimum absolute atomic E-state index is 0.254. The predicted octanol–water partition coefficient (Wildman–Crippen LogP) is 4.19. The highest BCUT2D eigenvalue weighted by atomic mass is 19.1. The Morgan fingerprint density at radius 2 is 1.92 bits per heavy atom. The molecule has 3 nitrogen and oxygen atoms in total. The molecule has 3 rings (SSSR count). The van der Waals surface area contributed by atoms with Crippen LogP contribution in [-0.4, -0.2) is 30.1 Å². The van der Waals surface area contributed by atoms with Gasteiger partial charge in [-0.15, -0.1) is 0 Å². The maximum absolute atomic E-state index is 13.1. The summed E-state index contributed by atoms with van der Waals surface area (Å²) in [6.07, 6.45) is 1.18. The van der Waals surface area contributed by atoms with Crippen LogP contribution in [-0.2, 0) is 6.54 Å². The summed E-state index contributed by atoms with van der Waals surface area (Å²) in [6.45, 7) is 7.45. The average molecular weight is 328 g/mol. The number of rotatable bonds is 6. The van der Waals surface area contributed by atoms with Crippen LogP contribution in [0.15, 0.2) is 48.5 Å².